The lowest BCUT2D eigenvalue weighted by atomic mass is 10.1. The van der Waals surface area contributed by atoms with Gasteiger partial charge in [-0.15, -0.1) is 0 Å². The Balaban J connectivity index is 2.06. The van der Waals surface area contributed by atoms with Crippen LogP contribution in [-0.2, 0) is 30.5 Å². The maximum absolute atomic E-state index is 12.2. The molecule has 2 amide bonds. The molecule has 0 aromatic heterocycles. The number of carboxylic acid groups (broad SMARTS) is 1. The van der Waals surface area contributed by atoms with Crippen molar-refractivity contribution < 1.29 is 29.0 Å². The summed E-state index contributed by atoms with van der Waals surface area (Å²) in [5.41, 5.74) is 0.761. The number of carbonyl (C=O) groups excluding carboxylic acids is 3. The van der Waals surface area contributed by atoms with Crippen molar-refractivity contribution in [3.63, 3.8) is 0 Å². The van der Waals surface area contributed by atoms with Gasteiger partial charge in [0.1, 0.15) is 12.6 Å². The Hall–Kier alpha value is -2.70. The van der Waals surface area contributed by atoms with Gasteiger partial charge < -0.3 is 9.84 Å². The predicted molar refractivity (Wildman–Crippen MR) is 78.0 cm³/mol. The molecule has 122 valence electrons. The summed E-state index contributed by atoms with van der Waals surface area (Å²) in [7, 11) is 0. The Morgan fingerprint density at radius 2 is 1.74 bits per heavy atom. The van der Waals surface area contributed by atoms with E-state index in [9.17, 15) is 19.2 Å². The van der Waals surface area contributed by atoms with E-state index in [1.807, 2.05) is 6.07 Å². The fraction of sp³-hybridized carbons (Fsp3) is 0.375. The Bertz CT molecular complexity index is 596. The summed E-state index contributed by atoms with van der Waals surface area (Å²) in [6.07, 6.45) is -0.411. The molecule has 1 atom stereocenters. The maximum atomic E-state index is 12.2. The molecule has 1 N–H and O–H groups in total. The number of likely N-dealkylation sites (tertiary alicyclic amines) is 1. The minimum atomic E-state index is -1.18. The van der Waals surface area contributed by atoms with Gasteiger partial charge in [0.05, 0.1) is 0 Å². The second-order valence-electron chi connectivity index (χ2n) is 5.20. The zero-order valence-electron chi connectivity index (χ0n) is 12.4. The SMILES string of the molecule is O=C(O)CCC(C(=O)OCc1ccccc1)N1C(=O)CCC1=O. The van der Waals surface area contributed by atoms with Crippen LogP contribution in [0.25, 0.3) is 0 Å². The molecular weight excluding hydrogens is 302 g/mol. The van der Waals surface area contributed by atoms with Crippen molar-refractivity contribution >= 4 is 23.8 Å². The van der Waals surface area contributed by atoms with E-state index in [0.717, 1.165) is 10.5 Å². The highest BCUT2D eigenvalue weighted by molar-refractivity contribution is 6.05. The van der Waals surface area contributed by atoms with Gasteiger partial charge in [0.15, 0.2) is 0 Å². The van der Waals surface area contributed by atoms with Gasteiger partial charge in [-0.05, 0) is 12.0 Å². The number of imide groups is 1. The van der Waals surface area contributed by atoms with Gasteiger partial charge in [0.2, 0.25) is 11.8 Å². The van der Waals surface area contributed by atoms with E-state index >= 15 is 0 Å². The molecule has 2 rings (SSSR count). The summed E-state index contributed by atoms with van der Waals surface area (Å²) in [6, 6.07) is 7.76. The van der Waals surface area contributed by atoms with E-state index < -0.39 is 29.8 Å². The van der Waals surface area contributed by atoms with E-state index in [1.165, 1.54) is 0 Å². The molecule has 1 aromatic carbocycles. The van der Waals surface area contributed by atoms with E-state index in [1.54, 1.807) is 24.3 Å². The number of hydrogen-bond donors (Lipinski definition) is 1. The lowest BCUT2D eigenvalue weighted by molar-refractivity contribution is -0.160. The topological polar surface area (TPSA) is 101 Å². The van der Waals surface area contributed by atoms with E-state index in [-0.39, 0.29) is 32.3 Å². The molecule has 7 nitrogen and oxygen atoms in total. The van der Waals surface area contributed by atoms with Gasteiger partial charge in [0.25, 0.3) is 0 Å². The van der Waals surface area contributed by atoms with Crippen molar-refractivity contribution in [1.82, 2.24) is 4.90 Å². The number of amides is 2. The van der Waals surface area contributed by atoms with E-state index in [2.05, 4.69) is 0 Å². The van der Waals surface area contributed by atoms with Crippen LogP contribution in [0.1, 0.15) is 31.2 Å². The van der Waals surface area contributed by atoms with Gasteiger partial charge in [-0.2, -0.15) is 0 Å². The molecule has 1 aromatic rings. The zero-order chi connectivity index (χ0) is 16.8. The standard InChI is InChI=1S/C16H17NO6/c18-13-7-8-14(19)17(13)12(6-9-15(20)21)16(22)23-10-11-4-2-1-3-5-11/h1-5,12H,6-10H2,(H,20,21). The van der Waals surface area contributed by atoms with E-state index in [4.69, 9.17) is 9.84 Å². The summed E-state index contributed by atoms with van der Waals surface area (Å²) in [5, 5.41) is 8.79. The molecule has 1 aliphatic rings. The third-order valence-electron chi connectivity index (χ3n) is 3.53. The summed E-state index contributed by atoms with van der Waals surface area (Å²) >= 11 is 0. The molecule has 1 unspecified atom stereocenters. The number of aliphatic carboxylic acids is 1. The average Bonchev–Trinajstić information content (AvgIpc) is 2.86. The monoisotopic (exact) mass is 319 g/mol. The van der Waals surface area contributed by atoms with Crippen LogP contribution in [0, 0.1) is 0 Å². The number of hydrogen-bond acceptors (Lipinski definition) is 5. The third kappa shape index (κ3) is 4.38. The average molecular weight is 319 g/mol. The molecule has 0 bridgehead atoms. The van der Waals surface area contributed by atoms with Gasteiger partial charge in [0, 0.05) is 19.3 Å². The van der Waals surface area contributed by atoms with Gasteiger partial charge in [-0.1, -0.05) is 30.3 Å². The van der Waals surface area contributed by atoms with Crippen LogP contribution >= 0.6 is 0 Å². The number of rotatable bonds is 7. The molecule has 0 aliphatic carbocycles. The lowest BCUT2D eigenvalue weighted by Crippen LogP contribution is -2.45. The number of ether oxygens (including phenoxy) is 1. The number of carbonyl (C=O) groups is 4. The number of nitrogens with zero attached hydrogens (tertiary/aromatic N) is 1. The first-order chi connectivity index (χ1) is 11.0. The first kappa shape index (κ1) is 16.7. The summed E-state index contributed by atoms with van der Waals surface area (Å²) in [4.78, 5) is 47.4. The third-order valence-corrected chi connectivity index (χ3v) is 3.53. The summed E-state index contributed by atoms with van der Waals surface area (Å²) in [5.74, 6) is -2.81. The van der Waals surface area contributed by atoms with Crippen LogP contribution < -0.4 is 0 Å². The maximum Gasteiger partial charge on any atom is 0.329 e. The molecule has 1 saturated heterocycles. The fourth-order valence-electron chi connectivity index (χ4n) is 2.38. The van der Waals surface area contributed by atoms with Crippen LogP contribution in [0.15, 0.2) is 30.3 Å². The second-order valence-corrected chi connectivity index (χ2v) is 5.20. The molecule has 23 heavy (non-hydrogen) atoms. The Morgan fingerprint density at radius 1 is 1.13 bits per heavy atom. The lowest BCUT2D eigenvalue weighted by Gasteiger charge is -2.24. The largest absolute Gasteiger partial charge is 0.481 e. The fourth-order valence-corrected chi connectivity index (χ4v) is 2.38. The Labute approximate surface area is 132 Å². The van der Waals surface area contributed by atoms with Crippen LogP contribution in [0.3, 0.4) is 0 Å². The first-order valence-electron chi connectivity index (χ1n) is 7.26. The van der Waals surface area contributed by atoms with Crippen LogP contribution in [-0.4, -0.2) is 39.8 Å². The minimum absolute atomic E-state index is 0.000530. The smallest absolute Gasteiger partial charge is 0.329 e. The highest BCUT2D eigenvalue weighted by Crippen LogP contribution is 2.20. The van der Waals surface area contributed by atoms with Crippen LogP contribution in [0.5, 0.6) is 0 Å². The molecule has 7 heteroatoms. The highest BCUT2D eigenvalue weighted by Gasteiger charge is 2.39. The summed E-state index contributed by atoms with van der Waals surface area (Å²) in [6.45, 7) is -0.000530. The second kappa shape index (κ2) is 7.53. The molecule has 0 spiro atoms. The van der Waals surface area contributed by atoms with E-state index in [0.29, 0.717) is 0 Å². The molecule has 1 fully saturated rings. The quantitative estimate of drug-likeness (QED) is 0.597. The van der Waals surface area contributed by atoms with Crippen molar-refractivity contribution in [1.29, 1.82) is 0 Å². The number of carboxylic acids is 1. The van der Waals surface area contributed by atoms with Gasteiger partial charge in [-0.25, -0.2) is 4.79 Å². The van der Waals surface area contributed by atoms with Crippen LogP contribution in [0.4, 0.5) is 0 Å². The molecule has 1 aliphatic heterocycles. The van der Waals surface area contributed by atoms with Crippen molar-refractivity contribution in [3.8, 4) is 0 Å². The Kier molecular flexibility index (Phi) is 5.46. The molecule has 0 radical (unpaired) electrons. The molecule has 0 saturated carbocycles. The highest BCUT2D eigenvalue weighted by atomic mass is 16.5. The zero-order valence-corrected chi connectivity index (χ0v) is 12.4. The van der Waals surface area contributed by atoms with Gasteiger partial charge >= 0.3 is 11.9 Å². The summed E-state index contributed by atoms with van der Waals surface area (Å²) < 4.78 is 5.15. The van der Waals surface area contributed by atoms with Crippen LogP contribution in [0.2, 0.25) is 0 Å². The number of esters is 1. The minimum Gasteiger partial charge on any atom is -0.481 e. The van der Waals surface area contributed by atoms with Crippen molar-refractivity contribution in [3.05, 3.63) is 35.9 Å². The number of benzene rings is 1. The normalized spacial score (nSPS) is 15.6. The van der Waals surface area contributed by atoms with Crippen molar-refractivity contribution in [2.75, 3.05) is 0 Å². The first-order valence-corrected chi connectivity index (χ1v) is 7.26. The molecule has 1 heterocycles. The van der Waals surface area contributed by atoms with Crippen molar-refractivity contribution in [2.45, 2.75) is 38.3 Å². The Morgan fingerprint density at radius 3 is 2.30 bits per heavy atom. The molecular formula is C16H17NO6. The predicted octanol–water partition coefficient (Wildman–Crippen LogP) is 1.11. The van der Waals surface area contributed by atoms with Crippen molar-refractivity contribution in [2.24, 2.45) is 0 Å². The van der Waals surface area contributed by atoms with Gasteiger partial charge in [-0.3, -0.25) is 19.3 Å².